The second-order valence-electron chi connectivity index (χ2n) is 14.2. The molecule has 3 aliphatic rings. The second kappa shape index (κ2) is 18.7. The highest BCUT2D eigenvalue weighted by atomic mass is 16.7. The number of aliphatic carboxylic acids is 1. The monoisotopic (exact) mass is 857 g/mol. The van der Waals surface area contributed by atoms with Gasteiger partial charge >= 0.3 is 11.9 Å². The van der Waals surface area contributed by atoms with Crippen molar-refractivity contribution in [1.82, 2.24) is 0 Å². The van der Waals surface area contributed by atoms with Crippen molar-refractivity contribution in [3.8, 4) is 34.5 Å². The van der Waals surface area contributed by atoms with Crippen LogP contribution in [0, 0.1) is 0 Å². The summed E-state index contributed by atoms with van der Waals surface area (Å²) in [5, 5.41) is 114. The van der Waals surface area contributed by atoms with Crippen LogP contribution in [0.1, 0.15) is 16.7 Å². The van der Waals surface area contributed by atoms with E-state index in [4.69, 9.17) is 28.4 Å². The maximum absolute atomic E-state index is 13.4. The number of aliphatic hydroxyl groups excluding tert-OH is 6. The first-order chi connectivity index (χ1) is 29.0. The van der Waals surface area contributed by atoms with Crippen molar-refractivity contribution in [1.29, 1.82) is 0 Å². The second-order valence-corrected chi connectivity index (χ2v) is 14.2. The van der Waals surface area contributed by atoms with Crippen molar-refractivity contribution in [2.75, 3.05) is 25.2 Å². The van der Waals surface area contributed by atoms with Gasteiger partial charge in [0.25, 0.3) is 5.91 Å². The first-order valence-corrected chi connectivity index (χ1v) is 18.5. The molecule has 0 unspecified atom stereocenters. The summed E-state index contributed by atoms with van der Waals surface area (Å²) in [4.78, 5) is 38.9. The fourth-order valence-corrected chi connectivity index (χ4v) is 6.75. The lowest BCUT2D eigenvalue weighted by molar-refractivity contribution is -0.323. The molecular formula is C40H43NO20. The number of benzene rings is 3. The predicted octanol–water partition coefficient (Wildman–Crippen LogP) is -1.16. The average Bonchev–Trinajstić information content (AvgIpc) is 3.61. The third kappa shape index (κ3) is 9.81. The Balaban J connectivity index is 1.11. The molecule has 3 aromatic carbocycles. The summed E-state index contributed by atoms with van der Waals surface area (Å²) < 4.78 is 32.7. The lowest BCUT2D eigenvalue weighted by Gasteiger charge is -2.42. The Morgan fingerprint density at radius 1 is 0.689 bits per heavy atom. The molecule has 3 heterocycles. The number of anilines is 1. The van der Waals surface area contributed by atoms with E-state index in [1.165, 1.54) is 55.7 Å². The molecule has 2 fully saturated rings. The summed E-state index contributed by atoms with van der Waals surface area (Å²) in [6.45, 7) is -1.35. The van der Waals surface area contributed by atoms with Crippen LogP contribution in [0.25, 0.3) is 12.2 Å². The largest absolute Gasteiger partial charge is 0.504 e. The molecule has 328 valence electrons. The van der Waals surface area contributed by atoms with Crippen LogP contribution in [-0.4, -0.2) is 162 Å². The Labute approximate surface area is 345 Å². The van der Waals surface area contributed by atoms with Gasteiger partial charge in [-0.25, -0.2) is 9.59 Å². The summed E-state index contributed by atoms with van der Waals surface area (Å²) in [5.41, 5.74) is 0.991. The molecule has 0 aliphatic carbocycles. The van der Waals surface area contributed by atoms with E-state index in [9.17, 15) is 70.6 Å². The number of esters is 1. The zero-order valence-corrected chi connectivity index (χ0v) is 31.9. The number of fused-ring (bicyclic) bond motifs is 1. The minimum atomic E-state index is -1.97. The highest BCUT2D eigenvalue weighted by Crippen LogP contribution is 2.42. The normalized spacial score (nSPS) is 28.8. The number of aromatic hydroxyl groups is 4. The number of carboxylic acid groups (broad SMARTS) is 1. The zero-order chi connectivity index (χ0) is 44.3. The predicted molar refractivity (Wildman–Crippen MR) is 204 cm³/mol. The molecule has 3 aromatic rings. The first-order valence-electron chi connectivity index (χ1n) is 18.5. The molecule has 11 N–H and O–H groups in total. The fourth-order valence-electron chi connectivity index (χ4n) is 6.75. The van der Waals surface area contributed by atoms with Gasteiger partial charge in [-0.1, -0.05) is 12.1 Å². The summed E-state index contributed by atoms with van der Waals surface area (Å²) >= 11 is 0. The summed E-state index contributed by atoms with van der Waals surface area (Å²) in [5.74, 6) is -4.93. The zero-order valence-electron chi connectivity index (χ0n) is 31.9. The highest BCUT2D eigenvalue weighted by molar-refractivity contribution is 6.09. The Hall–Kier alpha value is -6.01. The highest BCUT2D eigenvalue weighted by Gasteiger charge is 2.49. The van der Waals surface area contributed by atoms with Crippen LogP contribution >= 0.6 is 0 Å². The van der Waals surface area contributed by atoms with Gasteiger partial charge in [0.1, 0.15) is 61.5 Å². The van der Waals surface area contributed by atoms with E-state index in [-0.39, 0.29) is 29.2 Å². The maximum atomic E-state index is 13.4. The molecule has 21 heteroatoms. The minimum absolute atomic E-state index is 0.00684. The molecule has 21 nitrogen and oxygen atoms in total. The Morgan fingerprint density at radius 2 is 1.30 bits per heavy atom. The van der Waals surface area contributed by atoms with E-state index in [1.54, 1.807) is 0 Å². The van der Waals surface area contributed by atoms with Gasteiger partial charge in [-0.2, -0.15) is 0 Å². The van der Waals surface area contributed by atoms with Crippen molar-refractivity contribution < 1.29 is 99.0 Å². The summed E-state index contributed by atoms with van der Waals surface area (Å²) in [7, 11) is 1.35. The lowest BCUT2D eigenvalue weighted by atomic mass is 9.98. The van der Waals surface area contributed by atoms with Crippen LogP contribution in [0.15, 0.2) is 60.7 Å². The number of carboxylic acids is 1. The first kappa shape index (κ1) is 44.5. The smallest absolute Gasteiger partial charge is 0.330 e. The molecule has 3 aliphatic heterocycles. The van der Waals surface area contributed by atoms with Crippen LogP contribution in [0.4, 0.5) is 5.69 Å². The van der Waals surface area contributed by atoms with Crippen LogP contribution in [0.3, 0.4) is 0 Å². The lowest BCUT2D eigenvalue weighted by Crippen LogP contribution is -2.62. The number of carbonyl (C=O) groups excluding carboxylic acids is 2. The molecule has 6 rings (SSSR count). The SMILES string of the molecule is COc1cc(/C=C/C(=O)OC[C@H]2O[C@@H](OC[C@H]3O[C@@H](Oc4cc5c(cc4O)C[C@@H](C(=O)O)N5C(=O)/C=C/c4ccc(O)c(O)c4)[C@H](O)[C@@H](O)[C@@H]3O)[C@H](O)[C@@H](O)[C@@H]2O)ccc1O. The number of amides is 1. The topological polar surface area (TPSA) is 332 Å². The number of methoxy groups -OCH3 is 1. The van der Waals surface area contributed by atoms with Gasteiger partial charge in [-0.05, 0) is 59.2 Å². The molecule has 0 radical (unpaired) electrons. The van der Waals surface area contributed by atoms with Gasteiger partial charge in [-0.3, -0.25) is 9.69 Å². The molecule has 1 amide bonds. The van der Waals surface area contributed by atoms with E-state index in [1.807, 2.05) is 0 Å². The van der Waals surface area contributed by atoms with Crippen LogP contribution in [0.5, 0.6) is 34.5 Å². The number of carbonyl (C=O) groups is 3. The number of hydrogen-bond acceptors (Lipinski definition) is 19. The van der Waals surface area contributed by atoms with Crippen molar-refractivity contribution in [2.45, 2.75) is 73.9 Å². The number of ether oxygens (including phenoxy) is 6. The molecule has 11 atom stereocenters. The van der Waals surface area contributed by atoms with Crippen molar-refractivity contribution >= 4 is 35.7 Å². The third-order valence-electron chi connectivity index (χ3n) is 10.1. The Bertz CT molecular complexity index is 2160. The van der Waals surface area contributed by atoms with Gasteiger partial charge in [-0.15, -0.1) is 0 Å². The molecular weight excluding hydrogens is 814 g/mol. The van der Waals surface area contributed by atoms with E-state index in [2.05, 4.69) is 0 Å². The minimum Gasteiger partial charge on any atom is -0.504 e. The van der Waals surface area contributed by atoms with Crippen LogP contribution in [0.2, 0.25) is 0 Å². The Morgan fingerprint density at radius 3 is 1.95 bits per heavy atom. The summed E-state index contributed by atoms with van der Waals surface area (Å²) in [6.07, 6.45) is -13.4. The molecule has 0 saturated carbocycles. The molecule has 0 bridgehead atoms. The van der Waals surface area contributed by atoms with Gasteiger partial charge in [0.15, 0.2) is 40.8 Å². The third-order valence-corrected chi connectivity index (χ3v) is 10.1. The standard InChI is InChI=1S/C40H43NO20/c1-56-26-11-18(3-7-23(26)43)5-9-31(47)57-15-28-32(48)34(50)36(52)39(60-28)58-16-29-33(49)35(51)37(53)40(61-29)59-27-14-20-19(13-25(27)45)12-21(38(54)55)41(20)30(46)8-4-17-2-6-22(42)24(44)10-17/h2-11,13-14,21,28-29,32-37,39-40,42-45,48-53H,12,15-16H2,1H3,(H,54,55)/b8-4+,9-5+/t21-,28+,29+,32+,33+,34-,35-,36+,37+,39+,40+/m0/s1. The van der Waals surface area contributed by atoms with Gasteiger partial charge in [0, 0.05) is 24.6 Å². The number of nitrogens with zero attached hydrogens (tertiary/aromatic N) is 1. The van der Waals surface area contributed by atoms with Crippen molar-refractivity contribution in [2.24, 2.45) is 0 Å². The molecule has 0 spiro atoms. The van der Waals surface area contributed by atoms with Crippen molar-refractivity contribution in [3.05, 3.63) is 77.4 Å². The van der Waals surface area contributed by atoms with E-state index < -0.39 is 122 Å². The quantitative estimate of drug-likeness (QED) is 0.0549. The van der Waals surface area contributed by atoms with Gasteiger partial charge in [0.05, 0.1) is 19.4 Å². The number of phenols is 4. The number of phenolic OH excluding ortho intramolecular Hbond substituents is 4. The average molecular weight is 858 g/mol. The molecule has 2 saturated heterocycles. The van der Waals surface area contributed by atoms with E-state index in [0.717, 1.165) is 29.2 Å². The van der Waals surface area contributed by atoms with E-state index >= 15 is 0 Å². The number of aliphatic hydroxyl groups is 6. The number of rotatable bonds is 13. The Kier molecular flexibility index (Phi) is 13.7. The maximum Gasteiger partial charge on any atom is 0.330 e. The van der Waals surface area contributed by atoms with E-state index in [0.29, 0.717) is 11.1 Å². The van der Waals surface area contributed by atoms with Gasteiger partial charge in [0.2, 0.25) is 6.29 Å². The van der Waals surface area contributed by atoms with Crippen LogP contribution < -0.4 is 14.4 Å². The summed E-state index contributed by atoms with van der Waals surface area (Å²) in [6, 6.07) is 8.87. The van der Waals surface area contributed by atoms with Crippen LogP contribution in [-0.2, 0) is 39.8 Å². The number of hydrogen-bond donors (Lipinski definition) is 11. The van der Waals surface area contributed by atoms with Crippen molar-refractivity contribution in [3.63, 3.8) is 0 Å². The molecule has 0 aromatic heterocycles. The van der Waals surface area contributed by atoms with Gasteiger partial charge < -0.3 is 84.6 Å². The molecule has 61 heavy (non-hydrogen) atoms. The fraction of sp³-hybridized carbons (Fsp3) is 0.375.